The summed E-state index contributed by atoms with van der Waals surface area (Å²) in [5, 5.41) is 15.5. The maximum atomic E-state index is 13.5. The standard InChI is InChI=1S/C25H32ClN3O5/c1-6-29(23(32)19(15-30)27-24(33)34-25(3,4)5)21(17-12-8-7-9-13-17)22(31)28-20-16(2)11-10-14-18(20)26/h7-14,19,21,30H,6,15H2,1-5H3,(H,27,33)(H,28,31). The highest BCUT2D eigenvalue weighted by molar-refractivity contribution is 6.34. The smallest absolute Gasteiger partial charge is 0.408 e. The minimum atomic E-state index is -1.30. The summed E-state index contributed by atoms with van der Waals surface area (Å²) >= 11 is 6.29. The number of aliphatic hydroxyl groups excluding tert-OH is 1. The monoisotopic (exact) mass is 489 g/mol. The first-order valence-electron chi connectivity index (χ1n) is 11.0. The fourth-order valence-electron chi connectivity index (χ4n) is 3.39. The molecule has 8 nitrogen and oxygen atoms in total. The van der Waals surface area contributed by atoms with Gasteiger partial charge in [0.2, 0.25) is 5.91 Å². The van der Waals surface area contributed by atoms with Gasteiger partial charge in [-0.15, -0.1) is 0 Å². The molecule has 34 heavy (non-hydrogen) atoms. The van der Waals surface area contributed by atoms with E-state index < -0.39 is 42.2 Å². The number of aliphatic hydroxyl groups is 1. The van der Waals surface area contributed by atoms with Crippen LogP contribution in [-0.4, -0.2) is 52.7 Å². The molecule has 3 N–H and O–H groups in total. The van der Waals surface area contributed by atoms with E-state index in [0.29, 0.717) is 16.3 Å². The van der Waals surface area contributed by atoms with Crippen LogP contribution in [0.4, 0.5) is 10.5 Å². The van der Waals surface area contributed by atoms with E-state index in [1.165, 1.54) is 4.90 Å². The Morgan fingerprint density at radius 3 is 2.26 bits per heavy atom. The van der Waals surface area contributed by atoms with Crippen molar-refractivity contribution in [1.29, 1.82) is 0 Å². The van der Waals surface area contributed by atoms with Gasteiger partial charge in [0, 0.05) is 6.54 Å². The van der Waals surface area contributed by atoms with Crippen molar-refractivity contribution in [3.8, 4) is 0 Å². The first kappa shape index (κ1) is 27.1. The van der Waals surface area contributed by atoms with Gasteiger partial charge in [-0.2, -0.15) is 0 Å². The zero-order valence-corrected chi connectivity index (χ0v) is 20.8. The van der Waals surface area contributed by atoms with Gasteiger partial charge in [-0.25, -0.2) is 4.79 Å². The number of hydrogen-bond donors (Lipinski definition) is 3. The highest BCUT2D eigenvalue weighted by atomic mass is 35.5. The second-order valence-electron chi connectivity index (χ2n) is 8.74. The third-order valence-corrected chi connectivity index (χ3v) is 5.26. The van der Waals surface area contributed by atoms with Gasteiger partial charge < -0.3 is 25.4 Å². The van der Waals surface area contributed by atoms with E-state index in [0.717, 1.165) is 5.56 Å². The second kappa shape index (κ2) is 11.9. The van der Waals surface area contributed by atoms with Crippen molar-refractivity contribution in [1.82, 2.24) is 10.2 Å². The Hall–Kier alpha value is -3.10. The maximum absolute atomic E-state index is 13.5. The Morgan fingerprint density at radius 2 is 1.74 bits per heavy atom. The molecule has 9 heteroatoms. The fourth-order valence-corrected chi connectivity index (χ4v) is 3.66. The summed E-state index contributed by atoms with van der Waals surface area (Å²) in [7, 11) is 0. The molecule has 0 radical (unpaired) electrons. The molecular weight excluding hydrogens is 458 g/mol. The zero-order valence-electron chi connectivity index (χ0n) is 20.1. The molecule has 0 aliphatic rings. The average Bonchev–Trinajstić information content (AvgIpc) is 2.77. The van der Waals surface area contributed by atoms with Gasteiger partial charge in [0.1, 0.15) is 17.7 Å². The molecule has 3 amide bonds. The van der Waals surface area contributed by atoms with Crippen molar-refractivity contribution >= 4 is 35.2 Å². The summed E-state index contributed by atoms with van der Waals surface area (Å²) in [4.78, 5) is 40.4. The van der Waals surface area contributed by atoms with E-state index >= 15 is 0 Å². The average molecular weight is 490 g/mol. The zero-order chi connectivity index (χ0) is 25.5. The lowest BCUT2D eigenvalue weighted by Gasteiger charge is -2.33. The van der Waals surface area contributed by atoms with Crippen molar-refractivity contribution in [2.75, 3.05) is 18.5 Å². The Morgan fingerprint density at radius 1 is 1.09 bits per heavy atom. The number of nitrogens with one attached hydrogen (secondary N) is 2. The van der Waals surface area contributed by atoms with Crippen LogP contribution in [0.15, 0.2) is 48.5 Å². The summed E-state index contributed by atoms with van der Waals surface area (Å²) in [6, 6.07) is 11.7. The van der Waals surface area contributed by atoms with Gasteiger partial charge >= 0.3 is 6.09 Å². The van der Waals surface area contributed by atoms with Crippen molar-refractivity contribution in [2.45, 2.75) is 52.3 Å². The molecule has 0 saturated heterocycles. The van der Waals surface area contributed by atoms with Gasteiger partial charge in [-0.1, -0.05) is 54.1 Å². The minimum Gasteiger partial charge on any atom is -0.444 e. The van der Waals surface area contributed by atoms with Crippen LogP contribution in [0.5, 0.6) is 0 Å². The van der Waals surface area contributed by atoms with E-state index in [9.17, 15) is 19.5 Å². The summed E-state index contributed by atoms with van der Waals surface area (Å²) in [6.07, 6.45) is -0.844. The number of benzene rings is 2. The summed E-state index contributed by atoms with van der Waals surface area (Å²) in [5.74, 6) is -1.11. The quantitative estimate of drug-likeness (QED) is 0.518. The van der Waals surface area contributed by atoms with Gasteiger partial charge in [0.15, 0.2) is 0 Å². The molecule has 0 aromatic heterocycles. The Bertz CT molecular complexity index is 987. The van der Waals surface area contributed by atoms with Crippen LogP contribution in [0.25, 0.3) is 0 Å². The number of alkyl carbamates (subject to hydrolysis) is 1. The lowest BCUT2D eigenvalue weighted by atomic mass is 10.0. The lowest BCUT2D eigenvalue weighted by Crippen LogP contribution is -2.53. The number of halogens is 1. The molecular formula is C25H32ClN3O5. The lowest BCUT2D eigenvalue weighted by molar-refractivity contribution is -0.141. The number of aryl methyl sites for hydroxylation is 1. The molecule has 0 heterocycles. The summed E-state index contributed by atoms with van der Waals surface area (Å²) in [5.41, 5.74) is 0.997. The van der Waals surface area contributed by atoms with Crippen LogP contribution in [-0.2, 0) is 14.3 Å². The van der Waals surface area contributed by atoms with Crippen molar-refractivity contribution in [3.05, 3.63) is 64.7 Å². The van der Waals surface area contributed by atoms with E-state index in [4.69, 9.17) is 16.3 Å². The van der Waals surface area contributed by atoms with Gasteiger partial charge in [-0.3, -0.25) is 9.59 Å². The highest BCUT2D eigenvalue weighted by Gasteiger charge is 2.35. The number of amides is 3. The third kappa shape index (κ3) is 7.20. The van der Waals surface area contributed by atoms with Crippen LogP contribution in [0.2, 0.25) is 5.02 Å². The van der Waals surface area contributed by atoms with Crippen molar-refractivity contribution in [3.63, 3.8) is 0 Å². The third-order valence-electron chi connectivity index (χ3n) is 4.94. The van der Waals surface area contributed by atoms with E-state index in [1.54, 1.807) is 70.2 Å². The number of para-hydroxylation sites is 1. The first-order chi connectivity index (χ1) is 16.0. The molecule has 0 fully saturated rings. The second-order valence-corrected chi connectivity index (χ2v) is 9.15. The van der Waals surface area contributed by atoms with Crippen LogP contribution in [0.1, 0.15) is 44.9 Å². The number of carbonyl (C=O) groups excluding carboxylic acids is 3. The first-order valence-corrected chi connectivity index (χ1v) is 11.4. The van der Waals surface area contributed by atoms with E-state index in [-0.39, 0.29) is 6.54 Å². The largest absolute Gasteiger partial charge is 0.444 e. The molecule has 2 rings (SSSR count). The number of hydrogen-bond acceptors (Lipinski definition) is 5. The van der Waals surface area contributed by atoms with Crippen LogP contribution in [0, 0.1) is 6.92 Å². The number of anilines is 1. The molecule has 2 unspecified atom stereocenters. The number of likely N-dealkylation sites (N-methyl/N-ethyl adjacent to an activating group) is 1. The summed E-state index contributed by atoms with van der Waals surface area (Å²) in [6.45, 7) is 8.06. The normalized spacial score (nSPS) is 12.9. The molecule has 0 aliphatic carbocycles. The molecule has 0 aliphatic heterocycles. The summed E-state index contributed by atoms with van der Waals surface area (Å²) < 4.78 is 5.21. The number of ether oxygens (including phenoxy) is 1. The van der Waals surface area contributed by atoms with Crippen LogP contribution < -0.4 is 10.6 Å². The van der Waals surface area contributed by atoms with Crippen LogP contribution >= 0.6 is 11.6 Å². The molecule has 2 atom stereocenters. The molecule has 184 valence electrons. The van der Waals surface area contributed by atoms with Crippen molar-refractivity contribution < 1.29 is 24.2 Å². The van der Waals surface area contributed by atoms with E-state index in [1.807, 2.05) is 13.0 Å². The fraction of sp³-hybridized carbons (Fsp3) is 0.400. The number of nitrogens with zero attached hydrogens (tertiary/aromatic N) is 1. The maximum Gasteiger partial charge on any atom is 0.408 e. The van der Waals surface area contributed by atoms with Gasteiger partial charge in [0.05, 0.1) is 17.3 Å². The molecule has 0 saturated carbocycles. The Labute approximate surface area is 205 Å². The molecule has 0 bridgehead atoms. The topological polar surface area (TPSA) is 108 Å². The number of rotatable bonds is 8. The highest BCUT2D eigenvalue weighted by Crippen LogP contribution is 2.29. The van der Waals surface area contributed by atoms with E-state index in [2.05, 4.69) is 10.6 Å². The Balaban J connectivity index is 2.38. The van der Waals surface area contributed by atoms with Gasteiger partial charge in [-0.05, 0) is 51.8 Å². The molecule has 2 aromatic carbocycles. The molecule has 2 aromatic rings. The predicted octanol–water partition coefficient (Wildman–Crippen LogP) is 4.06. The van der Waals surface area contributed by atoms with Crippen LogP contribution in [0.3, 0.4) is 0 Å². The van der Waals surface area contributed by atoms with Crippen molar-refractivity contribution in [2.24, 2.45) is 0 Å². The van der Waals surface area contributed by atoms with Gasteiger partial charge in [0.25, 0.3) is 5.91 Å². The predicted molar refractivity (Wildman–Crippen MR) is 132 cm³/mol. The number of carbonyl (C=O) groups is 3. The SMILES string of the molecule is CCN(C(=O)C(CO)NC(=O)OC(C)(C)C)C(C(=O)Nc1c(C)cccc1Cl)c1ccccc1. The Kier molecular flexibility index (Phi) is 9.46. The minimum absolute atomic E-state index is 0.139. The molecule has 0 spiro atoms.